The summed E-state index contributed by atoms with van der Waals surface area (Å²) in [5, 5.41) is 4.74. The minimum Gasteiger partial charge on any atom is -0.338 e. The zero-order valence-electron chi connectivity index (χ0n) is 15.7. The molecule has 140 valence electrons. The smallest absolute Gasteiger partial charge is 0.253 e. The van der Waals surface area contributed by atoms with Crippen LogP contribution in [0.1, 0.15) is 55.8 Å². The number of benzene rings is 1. The molecular weight excluding hydrogens is 352 g/mol. The van der Waals surface area contributed by atoms with Crippen molar-refractivity contribution in [2.75, 3.05) is 26.2 Å². The number of hydrogen-bond donors (Lipinski definition) is 0. The number of aromatic nitrogens is 2. The number of hydrogen-bond acceptors (Lipinski definition) is 5. The molecule has 0 unspecified atom stereocenters. The Morgan fingerprint density at radius 3 is 2.31 bits per heavy atom. The van der Waals surface area contributed by atoms with Crippen molar-refractivity contribution in [1.82, 2.24) is 19.9 Å². The predicted octanol–water partition coefficient (Wildman–Crippen LogP) is 3.54. The maximum atomic E-state index is 12.6. The largest absolute Gasteiger partial charge is 0.338 e. The fourth-order valence-electron chi connectivity index (χ4n) is 2.95. The molecule has 1 aliphatic heterocycles. The molecule has 2 heterocycles. The normalized spacial score (nSPS) is 17.3. The van der Waals surface area contributed by atoms with Crippen molar-refractivity contribution in [3.8, 4) is 0 Å². The summed E-state index contributed by atoms with van der Waals surface area (Å²) in [6.07, 6.45) is 0. The van der Waals surface area contributed by atoms with E-state index >= 15 is 0 Å². The monoisotopic (exact) mass is 376 g/mol. The summed E-state index contributed by atoms with van der Waals surface area (Å²) in [6.45, 7) is 11.1. The van der Waals surface area contributed by atoms with Crippen molar-refractivity contribution in [2.24, 2.45) is 0 Å². The lowest BCUT2D eigenvalue weighted by atomic mass is 9.96. The predicted molar refractivity (Wildman–Crippen MR) is 100 cm³/mol. The minimum absolute atomic E-state index is 0.0337. The van der Waals surface area contributed by atoms with Gasteiger partial charge in [-0.25, -0.2) is 0 Å². The van der Waals surface area contributed by atoms with E-state index in [1.807, 2.05) is 4.90 Å². The number of amides is 1. The van der Waals surface area contributed by atoms with Crippen LogP contribution >= 0.6 is 11.6 Å². The lowest BCUT2D eigenvalue weighted by molar-refractivity contribution is 0.0551. The van der Waals surface area contributed by atoms with Gasteiger partial charge in [-0.3, -0.25) is 9.69 Å². The Morgan fingerprint density at radius 2 is 1.77 bits per heavy atom. The van der Waals surface area contributed by atoms with Gasteiger partial charge in [0, 0.05) is 42.2 Å². The third-order valence-corrected chi connectivity index (χ3v) is 4.96. The van der Waals surface area contributed by atoms with Crippen LogP contribution in [0.15, 0.2) is 28.8 Å². The summed E-state index contributed by atoms with van der Waals surface area (Å²) in [6, 6.07) is 7.06. The maximum Gasteiger partial charge on any atom is 0.253 e. The summed E-state index contributed by atoms with van der Waals surface area (Å²) < 4.78 is 5.47. The van der Waals surface area contributed by atoms with Crippen LogP contribution < -0.4 is 0 Å². The molecule has 7 heteroatoms. The van der Waals surface area contributed by atoms with Crippen molar-refractivity contribution in [1.29, 1.82) is 0 Å². The maximum absolute atomic E-state index is 12.6. The average Bonchev–Trinajstić information content (AvgIpc) is 3.12. The van der Waals surface area contributed by atoms with E-state index in [-0.39, 0.29) is 17.4 Å². The Kier molecular flexibility index (Phi) is 5.34. The van der Waals surface area contributed by atoms with Crippen LogP contribution in [0.4, 0.5) is 0 Å². The van der Waals surface area contributed by atoms with E-state index in [0.717, 1.165) is 18.9 Å². The van der Waals surface area contributed by atoms with E-state index in [0.29, 0.717) is 29.6 Å². The van der Waals surface area contributed by atoms with Gasteiger partial charge in [-0.2, -0.15) is 4.98 Å². The number of carbonyl (C=O) groups excluding carboxylic acids is 1. The Morgan fingerprint density at radius 1 is 1.15 bits per heavy atom. The molecule has 1 fully saturated rings. The molecule has 1 amide bonds. The molecule has 26 heavy (non-hydrogen) atoms. The molecule has 6 nitrogen and oxygen atoms in total. The summed E-state index contributed by atoms with van der Waals surface area (Å²) in [5.74, 6) is 1.39. The lowest BCUT2D eigenvalue weighted by Crippen LogP contribution is -2.49. The molecule has 1 aliphatic rings. The highest BCUT2D eigenvalue weighted by Crippen LogP contribution is 2.24. The van der Waals surface area contributed by atoms with Gasteiger partial charge in [0.25, 0.3) is 5.91 Å². The van der Waals surface area contributed by atoms with Crippen molar-refractivity contribution in [3.05, 3.63) is 46.6 Å². The third-order valence-electron chi connectivity index (χ3n) is 4.71. The van der Waals surface area contributed by atoms with E-state index in [1.165, 1.54) is 0 Å². The van der Waals surface area contributed by atoms with Crippen LogP contribution in [-0.4, -0.2) is 52.0 Å². The van der Waals surface area contributed by atoms with Gasteiger partial charge in [0.05, 0.1) is 6.04 Å². The van der Waals surface area contributed by atoms with E-state index < -0.39 is 0 Å². The summed E-state index contributed by atoms with van der Waals surface area (Å²) >= 11 is 5.89. The molecule has 1 saturated heterocycles. The average molecular weight is 377 g/mol. The Bertz CT molecular complexity index is 759. The van der Waals surface area contributed by atoms with Crippen LogP contribution in [0, 0.1) is 0 Å². The topological polar surface area (TPSA) is 62.5 Å². The Balaban J connectivity index is 1.60. The summed E-state index contributed by atoms with van der Waals surface area (Å²) in [7, 11) is 0. The first-order valence-electron chi connectivity index (χ1n) is 8.88. The molecule has 1 atom stereocenters. The number of halogens is 1. The second-order valence-electron chi connectivity index (χ2n) is 7.72. The number of rotatable bonds is 3. The first-order valence-corrected chi connectivity index (χ1v) is 9.26. The van der Waals surface area contributed by atoms with Crippen LogP contribution in [0.25, 0.3) is 0 Å². The Labute approximate surface area is 159 Å². The highest BCUT2D eigenvalue weighted by Gasteiger charge is 2.29. The van der Waals surface area contributed by atoms with Crippen LogP contribution in [0.3, 0.4) is 0 Å². The second-order valence-corrected chi connectivity index (χ2v) is 8.15. The highest BCUT2D eigenvalue weighted by molar-refractivity contribution is 6.30. The standard InChI is InChI=1S/C19H25ClN4O2/c1-13(16-21-18(22-26-16)19(2,3)4)23-9-11-24(12-10-23)17(25)14-5-7-15(20)8-6-14/h5-8,13H,9-12H2,1-4H3/t13-/m1/s1. The van der Waals surface area contributed by atoms with Gasteiger partial charge in [0.1, 0.15) is 0 Å². The van der Waals surface area contributed by atoms with Crippen LogP contribution in [-0.2, 0) is 5.41 Å². The molecule has 3 rings (SSSR count). The lowest BCUT2D eigenvalue weighted by Gasteiger charge is -2.36. The van der Waals surface area contributed by atoms with Gasteiger partial charge >= 0.3 is 0 Å². The van der Waals surface area contributed by atoms with E-state index in [2.05, 4.69) is 42.7 Å². The molecule has 0 N–H and O–H groups in total. The fraction of sp³-hybridized carbons (Fsp3) is 0.526. The number of carbonyl (C=O) groups is 1. The second kappa shape index (κ2) is 7.37. The van der Waals surface area contributed by atoms with Gasteiger partial charge in [-0.05, 0) is 31.2 Å². The summed E-state index contributed by atoms with van der Waals surface area (Å²) in [4.78, 5) is 21.3. The van der Waals surface area contributed by atoms with E-state index in [9.17, 15) is 4.79 Å². The molecule has 1 aromatic carbocycles. The molecule has 2 aromatic rings. The van der Waals surface area contributed by atoms with Gasteiger partial charge in [-0.15, -0.1) is 0 Å². The van der Waals surface area contributed by atoms with Gasteiger partial charge in [0.2, 0.25) is 5.89 Å². The first kappa shape index (κ1) is 18.9. The number of piperazine rings is 1. The SMILES string of the molecule is C[C@H](c1nc(C(C)(C)C)no1)N1CCN(C(=O)c2ccc(Cl)cc2)CC1. The molecule has 0 saturated carbocycles. The first-order chi connectivity index (χ1) is 12.3. The van der Waals surface area contributed by atoms with E-state index in [4.69, 9.17) is 16.1 Å². The van der Waals surface area contributed by atoms with Crippen molar-refractivity contribution in [2.45, 2.75) is 39.2 Å². The van der Waals surface area contributed by atoms with Crippen molar-refractivity contribution < 1.29 is 9.32 Å². The Hall–Kier alpha value is -1.92. The minimum atomic E-state index is -0.134. The van der Waals surface area contributed by atoms with E-state index in [1.54, 1.807) is 24.3 Å². The van der Waals surface area contributed by atoms with Crippen LogP contribution in [0.5, 0.6) is 0 Å². The molecule has 0 bridgehead atoms. The fourth-order valence-corrected chi connectivity index (χ4v) is 3.08. The zero-order chi connectivity index (χ0) is 18.9. The number of nitrogens with zero attached hydrogens (tertiary/aromatic N) is 4. The van der Waals surface area contributed by atoms with Crippen molar-refractivity contribution in [3.63, 3.8) is 0 Å². The van der Waals surface area contributed by atoms with Crippen molar-refractivity contribution >= 4 is 17.5 Å². The molecule has 0 radical (unpaired) electrons. The summed E-state index contributed by atoms with van der Waals surface area (Å²) in [5.41, 5.74) is 0.535. The quantitative estimate of drug-likeness (QED) is 0.819. The third kappa shape index (κ3) is 4.07. The van der Waals surface area contributed by atoms with Gasteiger partial charge in [0.15, 0.2) is 5.82 Å². The van der Waals surface area contributed by atoms with Crippen LogP contribution in [0.2, 0.25) is 5.02 Å². The van der Waals surface area contributed by atoms with Gasteiger partial charge < -0.3 is 9.42 Å². The zero-order valence-corrected chi connectivity index (χ0v) is 16.5. The molecule has 0 spiro atoms. The molecule has 1 aromatic heterocycles. The van der Waals surface area contributed by atoms with Gasteiger partial charge in [-0.1, -0.05) is 37.5 Å². The molecule has 0 aliphatic carbocycles. The molecular formula is C19H25ClN4O2. The highest BCUT2D eigenvalue weighted by atomic mass is 35.5.